The molecule has 0 saturated heterocycles. The number of carbonyl (C=O) groups excluding carboxylic acids is 3. The number of carbonyl (C=O) groups is 3. The minimum atomic E-state index is -3.09. The topological polar surface area (TPSA) is 90.9 Å². The van der Waals surface area contributed by atoms with Crippen LogP contribution >= 0.6 is 0 Å². The number of nitrogens with one attached hydrogen (secondary N) is 1. The maximum atomic E-state index is 12.6. The minimum Gasteiger partial charge on any atom is -0.493 e. The van der Waals surface area contributed by atoms with Crippen LogP contribution in [-0.4, -0.2) is 38.1 Å². The number of para-hydroxylation sites is 1. The van der Waals surface area contributed by atoms with Crippen LogP contribution < -0.4 is 14.8 Å². The summed E-state index contributed by atoms with van der Waals surface area (Å²) in [6.45, 7) is -3.78. The van der Waals surface area contributed by atoms with Crippen LogP contribution in [0.5, 0.6) is 11.5 Å². The van der Waals surface area contributed by atoms with Crippen LogP contribution in [0.3, 0.4) is 0 Å². The largest absolute Gasteiger partial charge is 0.493 e. The molecule has 0 unspecified atom stereocenters. The van der Waals surface area contributed by atoms with Crippen LogP contribution in [0.4, 0.5) is 8.78 Å². The van der Waals surface area contributed by atoms with Crippen molar-refractivity contribution >= 4 is 23.9 Å². The summed E-state index contributed by atoms with van der Waals surface area (Å²) in [4.78, 5) is 35.3. The molecule has 0 heterocycles. The molecule has 0 saturated carbocycles. The van der Waals surface area contributed by atoms with Gasteiger partial charge in [-0.05, 0) is 24.3 Å². The summed E-state index contributed by atoms with van der Waals surface area (Å²) in [5.74, 6) is -2.56. The molecule has 0 bridgehead atoms. The Kier molecular flexibility index (Phi) is 7.84. The van der Waals surface area contributed by atoms with Crippen LogP contribution in [0.25, 0.3) is 6.08 Å². The molecule has 0 spiro atoms. The minimum absolute atomic E-state index is 0.0552. The second kappa shape index (κ2) is 10.5. The number of imide groups is 1. The molecule has 0 radical (unpaired) electrons. The Labute approximate surface area is 164 Å². The second-order valence-corrected chi connectivity index (χ2v) is 5.44. The molecular formula is C20H17F2NO6. The highest BCUT2D eigenvalue weighted by atomic mass is 19.3. The van der Waals surface area contributed by atoms with E-state index in [2.05, 4.69) is 10.1 Å². The van der Waals surface area contributed by atoms with Crippen LogP contribution in [0.1, 0.15) is 15.9 Å². The van der Waals surface area contributed by atoms with E-state index in [1.54, 1.807) is 18.2 Å². The van der Waals surface area contributed by atoms with Crippen LogP contribution in [-0.2, 0) is 14.3 Å². The molecule has 7 nitrogen and oxygen atoms in total. The smallest absolute Gasteiger partial charge is 0.387 e. The first-order valence-corrected chi connectivity index (χ1v) is 8.26. The third kappa shape index (κ3) is 6.73. The van der Waals surface area contributed by atoms with Gasteiger partial charge in [-0.3, -0.25) is 14.9 Å². The highest BCUT2D eigenvalue weighted by Gasteiger charge is 2.15. The molecule has 29 heavy (non-hydrogen) atoms. The van der Waals surface area contributed by atoms with Crippen molar-refractivity contribution in [1.82, 2.24) is 5.32 Å². The normalized spacial score (nSPS) is 10.6. The lowest BCUT2D eigenvalue weighted by Crippen LogP contribution is -2.33. The van der Waals surface area contributed by atoms with Gasteiger partial charge in [-0.2, -0.15) is 8.78 Å². The molecule has 0 aliphatic heterocycles. The van der Waals surface area contributed by atoms with Crippen LogP contribution in [0.15, 0.2) is 54.6 Å². The average Bonchev–Trinajstić information content (AvgIpc) is 2.71. The molecule has 2 aromatic rings. The zero-order valence-electron chi connectivity index (χ0n) is 15.3. The Hall–Kier alpha value is -3.75. The van der Waals surface area contributed by atoms with E-state index >= 15 is 0 Å². The lowest BCUT2D eigenvalue weighted by atomic mass is 10.1. The van der Waals surface area contributed by atoms with E-state index < -0.39 is 31.0 Å². The predicted molar refractivity (Wildman–Crippen MR) is 98.5 cm³/mol. The summed E-state index contributed by atoms with van der Waals surface area (Å²) in [5.41, 5.74) is 0.418. The molecule has 0 aromatic heterocycles. The Morgan fingerprint density at radius 1 is 1.07 bits per heavy atom. The van der Waals surface area contributed by atoms with Gasteiger partial charge >= 0.3 is 12.6 Å². The summed E-state index contributed by atoms with van der Waals surface area (Å²) in [6.07, 6.45) is 2.11. The van der Waals surface area contributed by atoms with Gasteiger partial charge in [0, 0.05) is 17.2 Å². The fourth-order valence-electron chi connectivity index (χ4n) is 2.21. The fourth-order valence-corrected chi connectivity index (χ4v) is 2.21. The summed E-state index contributed by atoms with van der Waals surface area (Å²) in [5, 5.41) is 2.07. The van der Waals surface area contributed by atoms with E-state index in [9.17, 15) is 23.2 Å². The quantitative estimate of drug-likeness (QED) is 0.537. The maximum Gasteiger partial charge on any atom is 0.387 e. The van der Waals surface area contributed by atoms with Crippen molar-refractivity contribution in [2.24, 2.45) is 0 Å². The Balaban J connectivity index is 1.93. The van der Waals surface area contributed by atoms with Crippen molar-refractivity contribution < 1.29 is 37.4 Å². The second-order valence-electron chi connectivity index (χ2n) is 5.44. The number of methoxy groups -OCH3 is 1. The number of hydrogen-bond acceptors (Lipinski definition) is 6. The van der Waals surface area contributed by atoms with Gasteiger partial charge in [-0.25, -0.2) is 4.79 Å². The first-order chi connectivity index (χ1) is 13.9. The Bertz CT molecular complexity index is 899. The molecule has 0 aliphatic carbocycles. The van der Waals surface area contributed by atoms with Crippen molar-refractivity contribution in [2.75, 3.05) is 13.7 Å². The monoisotopic (exact) mass is 405 g/mol. The number of amides is 2. The van der Waals surface area contributed by atoms with Gasteiger partial charge in [0.1, 0.15) is 0 Å². The van der Waals surface area contributed by atoms with Gasteiger partial charge in [0.05, 0.1) is 7.11 Å². The lowest BCUT2D eigenvalue weighted by molar-refractivity contribution is -0.143. The fraction of sp³-hybridized carbons (Fsp3) is 0.150. The zero-order valence-corrected chi connectivity index (χ0v) is 15.3. The standard InChI is InChI=1S/C20H17F2NO6/c1-27-15-9-5-8-13(18(15)29-20(21)22)10-11-17(25)28-12-16(24)23-19(26)14-6-3-2-4-7-14/h2-11,20H,12H2,1H3,(H,23,24,26)/b11-10+. The number of rotatable bonds is 8. The first kappa shape index (κ1) is 21.5. The number of halogens is 2. The summed E-state index contributed by atoms with van der Waals surface area (Å²) < 4.78 is 39.3. The van der Waals surface area contributed by atoms with Gasteiger partial charge in [0.15, 0.2) is 18.1 Å². The van der Waals surface area contributed by atoms with Gasteiger partial charge in [-0.15, -0.1) is 0 Å². The van der Waals surface area contributed by atoms with Crippen molar-refractivity contribution in [3.05, 3.63) is 65.7 Å². The summed E-state index contributed by atoms with van der Waals surface area (Å²) >= 11 is 0. The van der Waals surface area contributed by atoms with E-state index in [-0.39, 0.29) is 22.6 Å². The van der Waals surface area contributed by atoms with E-state index in [1.807, 2.05) is 0 Å². The summed E-state index contributed by atoms with van der Waals surface area (Å²) in [6, 6.07) is 12.4. The van der Waals surface area contributed by atoms with Crippen molar-refractivity contribution in [3.8, 4) is 11.5 Å². The van der Waals surface area contributed by atoms with E-state index in [0.29, 0.717) is 0 Å². The number of esters is 1. The Morgan fingerprint density at radius 3 is 2.45 bits per heavy atom. The zero-order chi connectivity index (χ0) is 21.2. The highest BCUT2D eigenvalue weighted by Crippen LogP contribution is 2.33. The van der Waals surface area contributed by atoms with E-state index in [0.717, 1.165) is 6.08 Å². The maximum absolute atomic E-state index is 12.6. The average molecular weight is 405 g/mol. The van der Waals surface area contributed by atoms with E-state index in [1.165, 1.54) is 43.5 Å². The molecule has 9 heteroatoms. The molecule has 0 fully saturated rings. The molecule has 2 aromatic carbocycles. The molecular weight excluding hydrogens is 388 g/mol. The van der Waals surface area contributed by atoms with Crippen molar-refractivity contribution in [3.63, 3.8) is 0 Å². The molecule has 1 N–H and O–H groups in total. The molecule has 0 atom stereocenters. The van der Waals surface area contributed by atoms with Crippen LogP contribution in [0.2, 0.25) is 0 Å². The number of ether oxygens (including phenoxy) is 3. The van der Waals surface area contributed by atoms with Gasteiger partial charge in [0.2, 0.25) is 0 Å². The molecule has 0 aliphatic rings. The molecule has 2 rings (SSSR count). The highest BCUT2D eigenvalue weighted by molar-refractivity contribution is 6.05. The van der Waals surface area contributed by atoms with Gasteiger partial charge in [-0.1, -0.05) is 30.3 Å². The lowest BCUT2D eigenvalue weighted by Gasteiger charge is -2.12. The van der Waals surface area contributed by atoms with Crippen molar-refractivity contribution in [2.45, 2.75) is 6.61 Å². The third-order valence-electron chi connectivity index (χ3n) is 3.47. The van der Waals surface area contributed by atoms with Crippen LogP contribution in [0, 0.1) is 0 Å². The predicted octanol–water partition coefficient (Wildman–Crippen LogP) is 2.81. The van der Waals surface area contributed by atoms with Gasteiger partial charge < -0.3 is 14.2 Å². The molecule has 2 amide bonds. The summed E-state index contributed by atoms with van der Waals surface area (Å²) in [7, 11) is 1.28. The SMILES string of the molecule is COc1cccc(/C=C/C(=O)OCC(=O)NC(=O)c2ccccc2)c1OC(F)F. The van der Waals surface area contributed by atoms with Gasteiger partial charge in [0.25, 0.3) is 11.8 Å². The number of hydrogen-bond donors (Lipinski definition) is 1. The third-order valence-corrected chi connectivity index (χ3v) is 3.47. The van der Waals surface area contributed by atoms with Crippen molar-refractivity contribution in [1.29, 1.82) is 0 Å². The number of benzene rings is 2. The Morgan fingerprint density at radius 2 is 1.79 bits per heavy atom. The van der Waals surface area contributed by atoms with E-state index in [4.69, 9.17) is 9.47 Å². The first-order valence-electron chi connectivity index (χ1n) is 8.26. The number of alkyl halides is 2. The molecule has 152 valence electrons.